The molecule has 0 fully saturated rings. The van der Waals surface area contributed by atoms with Gasteiger partial charge >= 0.3 is 0 Å². The van der Waals surface area contributed by atoms with Crippen molar-refractivity contribution in [3.05, 3.63) is 57.8 Å². The van der Waals surface area contributed by atoms with Gasteiger partial charge in [-0.05, 0) is 36.4 Å². The summed E-state index contributed by atoms with van der Waals surface area (Å²) in [5.41, 5.74) is 1.19. The number of hydrogen-bond donors (Lipinski definition) is 1. The lowest BCUT2D eigenvalue weighted by atomic mass is 10.2. The first-order chi connectivity index (χ1) is 12.0. The van der Waals surface area contributed by atoms with Gasteiger partial charge in [0.15, 0.2) is 5.13 Å². The van der Waals surface area contributed by atoms with Crippen LogP contribution in [0.15, 0.2) is 36.4 Å². The van der Waals surface area contributed by atoms with E-state index in [1.807, 2.05) is 0 Å². The standard InChI is InChI=1S/C17H11Cl2FN2O2S/c1-24-16-9(6-10(18)7-12(16)19)2-5-15(23)22-17-21-13-4-3-11(20)8-14(13)25-17/h2-8H,1H3,(H,21,22,23). The van der Waals surface area contributed by atoms with Crippen LogP contribution in [0.5, 0.6) is 5.75 Å². The molecular formula is C17H11Cl2FN2O2S. The van der Waals surface area contributed by atoms with E-state index in [4.69, 9.17) is 27.9 Å². The quantitative estimate of drug-likeness (QED) is 0.600. The third-order valence-electron chi connectivity index (χ3n) is 3.24. The first kappa shape index (κ1) is 17.7. The molecule has 128 valence electrons. The lowest BCUT2D eigenvalue weighted by Gasteiger charge is -2.07. The molecule has 25 heavy (non-hydrogen) atoms. The monoisotopic (exact) mass is 396 g/mol. The van der Waals surface area contributed by atoms with Crippen molar-refractivity contribution in [1.82, 2.24) is 4.98 Å². The van der Waals surface area contributed by atoms with Crippen LogP contribution in [-0.2, 0) is 4.79 Å². The Balaban J connectivity index is 1.78. The normalized spacial score (nSPS) is 11.2. The molecule has 1 amide bonds. The van der Waals surface area contributed by atoms with Crippen LogP contribution >= 0.6 is 34.5 Å². The van der Waals surface area contributed by atoms with Crippen molar-refractivity contribution in [3.63, 3.8) is 0 Å². The lowest BCUT2D eigenvalue weighted by Crippen LogP contribution is -2.07. The van der Waals surface area contributed by atoms with E-state index in [9.17, 15) is 9.18 Å². The maximum Gasteiger partial charge on any atom is 0.250 e. The summed E-state index contributed by atoms with van der Waals surface area (Å²) >= 11 is 13.2. The van der Waals surface area contributed by atoms with Gasteiger partial charge in [-0.3, -0.25) is 10.1 Å². The molecule has 0 radical (unpaired) electrons. The second-order valence-corrected chi connectivity index (χ2v) is 6.84. The van der Waals surface area contributed by atoms with Gasteiger partial charge in [-0.1, -0.05) is 34.5 Å². The van der Waals surface area contributed by atoms with Gasteiger partial charge in [0.25, 0.3) is 0 Å². The van der Waals surface area contributed by atoms with E-state index in [-0.39, 0.29) is 5.82 Å². The molecule has 1 N–H and O–H groups in total. The Hall–Kier alpha value is -2.15. The number of rotatable bonds is 4. The molecule has 4 nitrogen and oxygen atoms in total. The predicted octanol–water partition coefficient (Wildman–Crippen LogP) is 5.40. The van der Waals surface area contributed by atoms with Crippen LogP contribution in [0.3, 0.4) is 0 Å². The summed E-state index contributed by atoms with van der Waals surface area (Å²) in [7, 11) is 1.48. The molecular weight excluding hydrogens is 386 g/mol. The number of hydrogen-bond acceptors (Lipinski definition) is 4. The highest BCUT2D eigenvalue weighted by Gasteiger charge is 2.09. The maximum atomic E-state index is 13.2. The second-order valence-electron chi connectivity index (χ2n) is 4.96. The molecule has 0 spiro atoms. The van der Waals surface area contributed by atoms with Crippen LogP contribution in [0, 0.1) is 5.82 Å². The van der Waals surface area contributed by atoms with Crippen molar-refractivity contribution in [3.8, 4) is 5.75 Å². The Morgan fingerprint density at radius 3 is 2.88 bits per heavy atom. The molecule has 8 heteroatoms. The minimum Gasteiger partial charge on any atom is -0.495 e. The van der Waals surface area contributed by atoms with Gasteiger partial charge < -0.3 is 4.74 Å². The highest BCUT2D eigenvalue weighted by atomic mass is 35.5. The molecule has 1 heterocycles. The smallest absolute Gasteiger partial charge is 0.250 e. The topological polar surface area (TPSA) is 51.2 Å². The number of ether oxygens (including phenoxy) is 1. The second kappa shape index (κ2) is 7.39. The number of methoxy groups -OCH3 is 1. The first-order valence-corrected chi connectivity index (χ1v) is 8.61. The lowest BCUT2D eigenvalue weighted by molar-refractivity contribution is -0.111. The fraction of sp³-hybridized carbons (Fsp3) is 0.0588. The molecule has 0 aliphatic rings. The summed E-state index contributed by atoms with van der Waals surface area (Å²) in [5, 5.41) is 3.80. The van der Waals surface area contributed by atoms with Crippen LogP contribution in [0.2, 0.25) is 10.0 Å². The zero-order chi connectivity index (χ0) is 18.0. The van der Waals surface area contributed by atoms with E-state index in [1.165, 1.54) is 36.7 Å². The van der Waals surface area contributed by atoms with Gasteiger partial charge in [-0.15, -0.1) is 0 Å². The largest absolute Gasteiger partial charge is 0.495 e. The molecule has 0 unspecified atom stereocenters. The number of carbonyl (C=O) groups is 1. The Morgan fingerprint density at radius 1 is 1.32 bits per heavy atom. The number of carbonyl (C=O) groups excluding carboxylic acids is 1. The molecule has 3 rings (SSSR count). The Kier molecular flexibility index (Phi) is 5.22. The minimum atomic E-state index is -0.391. The average Bonchev–Trinajstić information content (AvgIpc) is 2.93. The predicted molar refractivity (Wildman–Crippen MR) is 100 cm³/mol. The first-order valence-electron chi connectivity index (χ1n) is 7.04. The number of fused-ring (bicyclic) bond motifs is 1. The summed E-state index contributed by atoms with van der Waals surface area (Å²) in [6.07, 6.45) is 2.86. The summed E-state index contributed by atoms with van der Waals surface area (Å²) in [6.45, 7) is 0. The van der Waals surface area contributed by atoms with E-state index in [0.717, 1.165) is 0 Å². The molecule has 0 saturated carbocycles. The maximum absolute atomic E-state index is 13.2. The van der Waals surface area contributed by atoms with Crippen molar-refractivity contribution in [2.75, 3.05) is 12.4 Å². The number of nitrogens with one attached hydrogen (secondary N) is 1. The van der Waals surface area contributed by atoms with Gasteiger partial charge in [0.1, 0.15) is 11.6 Å². The zero-order valence-corrected chi connectivity index (χ0v) is 15.2. The fourth-order valence-electron chi connectivity index (χ4n) is 2.18. The van der Waals surface area contributed by atoms with E-state index >= 15 is 0 Å². The molecule has 3 aromatic rings. The molecule has 0 atom stereocenters. The van der Waals surface area contributed by atoms with E-state index in [2.05, 4.69) is 10.3 Å². The third-order valence-corrected chi connectivity index (χ3v) is 4.67. The van der Waals surface area contributed by atoms with Crippen LogP contribution in [0.25, 0.3) is 16.3 Å². The summed E-state index contributed by atoms with van der Waals surface area (Å²) in [4.78, 5) is 16.3. The van der Waals surface area contributed by atoms with Gasteiger partial charge in [-0.25, -0.2) is 9.37 Å². The number of halogens is 3. The molecule has 0 bridgehead atoms. The number of thiazole rings is 1. The zero-order valence-electron chi connectivity index (χ0n) is 12.8. The SMILES string of the molecule is COc1c(Cl)cc(Cl)cc1C=CC(=O)Nc1nc2ccc(F)cc2s1. The van der Waals surface area contributed by atoms with Gasteiger partial charge in [0, 0.05) is 16.7 Å². The number of benzene rings is 2. The molecule has 0 aliphatic carbocycles. The van der Waals surface area contributed by atoms with Crippen LogP contribution in [0.4, 0.5) is 9.52 Å². The molecule has 2 aromatic carbocycles. The van der Waals surface area contributed by atoms with Crippen molar-refractivity contribution in [2.45, 2.75) is 0 Å². The summed E-state index contributed by atoms with van der Waals surface area (Å²) in [5.74, 6) is -0.317. The third kappa shape index (κ3) is 4.10. The van der Waals surface area contributed by atoms with Crippen molar-refractivity contribution < 1.29 is 13.9 Å². The highest BCUT2D eigenvalue weighted by molar-refractivity contribution is 7.22. The van der Waals surface area contributed by atoms with Crippen molar-refractivity contribution in [1.29, 1.82) is 0 Å². The number of anilines is 1. The summed E-state index contributed by atoms with van der Waals surface area (Å²) < 4.78 is 19.1. The van der Waals surface area contributed by atoms with Crippen LogP contribution in [-0.4, -0.2) is 18.0 Å². The van der Waals surface area contributed by atoms with Crippen molar-refractivity contribution >= 4 is 61.9 Å². The van der Waals surface area contributed by atoms with Gasteiger partial charge in [0.05, 0.1) is 22.3 Å². The Bertz CT molecular complexity index is 988. The highest BCUT2D eigenvalue weighted by Crippen LogP contribution is 2.33. The van der Waals surface area contributed by atoms with Gasteiger partial charge in [0.2, 0.25) is 5.91 Å². The number of nitrogens with zero attached hydrogens (tertiary/aromatic N) is 1. The van der Waals surface area contributed by atoms with E-state index < -0.39 is 5.91 Å². The number of amides is 1. The minimum absolute atomic E-state index is 0.348. The summed E-state index contributed by atoms with van der Waals surface area (Å²) in [6, 6.07) is 7.45. The van der Waals surface area contributed by atoms with Crippen LogP contribution in [0.1, 0.15) is 5.56 Å². The molecule has 0 saturated heterocycles. The van der Waals surface area contributed by atoms with Crippen LogP contribution < -0.4 is 10.1 Å². The average molecular weight is 397 g/mol. The molecule has 0 aliphatic heterocycles. The van der Waals surface area contributed by atoms with Crippen molar-refractivity contribution in [2.24, 2.45) is 0 Å². The Labute approximate surface area is 156 Å². The van der Waals surface area contributed by atoms with E-state index in [1.54, 1.807) is 24.3 Å². The van der Waals surface area contributed by atoms with Gasteiger partial charge in [-0.2, -0.15) is 0 Å². The number of aromatic nitrogens is 1. The molecule has 1 aromatic heterocycles. The van der Waals surface area contributed by atoms with E-state index in [0.29, 0.717) is 36.7 Å². The fourth-order valence-corrected chi connectivity index (χ4v) is 3.66. The Morgan fingerprint density at radius 2 is 2.12 bits per heavy atom.